The number of hydrogen-bond donors (Lipinski definition) is 0. The first-order chi connectivity index (χ1) is 6.32. The van der Waals surface area contributed by atoms with Crippen molar-refractivity contribution in [2.75, 3.05) is 6.54 Å². The van der Waals surface area contributed by atoms with E-state index in [0.717, 1.165) is 19.4 Å². The van der Waals surface area contributed by atoms with Crippen LogP contribution in [0.15, 0.2) is 0 Å². The first-order valence-corrected chi connectivity index (χ1v) is 5.62. The van der Waals surface area contributed by atoms with Crippen molar-refractivity contribution in [2.24, 2.45) is 11.3 Å². The normalized spacial score (nSPS) is 24.6. The van der Waals surface area contributed by atoms with E-state index in [-0.39, 0.29) is 0 Å². The molecule has 0 aromatic rings. The number of piperidine rings is 1. The maximum absolute atomic E-state index is 11.6. The first kappa shape index (κ1) is 11.5. The third-order valence-electron chi connectivity index (χ3n) is 3.29. The van der Waals surface area contributed by atoms with E-state index in [1.165, 1.54) is 0 Å². The molecule has 0 saturated carbocycles. The van der Waals surface area contributed by atoms with Crippen LogP contribution < -0.4 is 0 Å². The Morgan fingerprint density at radius 3 is 2.36 bits per heavy atom. The van der Waals surface area contributed by atoms with Gasteiger partial charge in [-0.2, -0.15) is 0 Å². The van der Waals surface area contributed by atoms with Gasteiger partial charge in [0.05, 0.1) is 0 Å². The third-order valence-corrected chi connectivity index (χ3v) is 3.29. The largest absolute Gasteiger partial charge is 0.340 e. The molecular formula is C12H23NO. The smallest absolute Gasteiger partial charge is 0.222 e. The van der Waals surface area contributed by atoms with Crippen molar-refractivity contribution >= 4 is 5.91 Å². The van der Waals surface area contributed by atoms with E-state index in [9.17, 15) is 4.79 Å². The number of amides is 1. The lowest BCUT2D eigenvalue weighted by molar-refractivity contribution is -0.138. The number of hydrogen-bond acceptors (Lipinski definition) is 1. The molecule has 2 nitrogen and oxygen atoms in total. The summed E-state index contributed by atoms with van der Waals surface area (Å²) in [4.78, 5) is 13.7. The summed E-state index contributed by atoms with van der Waals surface area (Å²) in [6, 6.07) is 0.354. The van der Waals surface area contributed by atoms with E-state index >= 15 is 0 Å². The molecule has 1 unspecified atom stereocenters. The summed E-state index contributed by atoms with van der Waals surface area (Å²) in [5.74, 6) is 0.989. The van der Waals surface area contributed by atoms with Crippen LogP contribution in [0.5, 0.6) is 0 Å². The summed E-state index contributed by atoms with van der Waals surface area (Å²) in [7, 11) is 0. The second-order valence-electron chi connectivity index (χ2n) is 5.74. The lowest BCUT2D eigenvalue weighted by Crippen LogP contribution is -2.47. The van der Waals surface area contributed by atoms with Crippen molar-refractivity contribution in [1.82, 2.24) is 4.90 Å². The van der Waals surface area contributed by atoms with E-state index in [4.69, 9.17) is 0 Å². The number of likely N-dealkylation sites (tertiary alicyclic amines) is 1. The summed E-state index contributed by atoms with van der Waals surface area (Å²) in [5.41, 5.74) is 0.327. The molecule has 0 aromatic carbocycles. The minimum atomic E-state index is 0.327. The Bertz CT molecular complexity index is 215. The van der Waals surface area contributed by atoms with Gasteiger partial charge in [0.1, 0.15) is 0 Å². The molecule has 0 N–H and O–H groups in total. The molecular weight excluding hydrogens is 174 g/mol. The molecule has 1 heterocycles. The molecule has 14 heavy (non-hydrogen) atoms. The Morgan fingerprint density at radius 2 is 1.93 bits per heavy atom. The van der Waals surface area contributed by atoms with Gasteiger partial charge >= 0.3 is 0 Å². The Morgan fingerprint density at radius 1 is 1.36 bits per heavy atom. The van der Waals surface area contributed by atoms with Gasteiger partial charge in [-0.25, -0.2) is 0 Å². The van der Waals surface area contributed by atoms with Gasteiger partial charge in [-0.15, -0.1) is 0 Å². The quantitative estimate of drug-likeness (QED) is 0.633. The fourth-order valence-corrected chi connectivity index (χ4v) is 2.08. The molecule has 0 spiro atoms. The number of rotatable bonds is 1. The van der Waals surface area contributed by atoms with E-state index in [2.05, 4.69) is 34.6 Å². The van der Waals surface area contributed by atoms with Gasteiger partial charge in [-0.1, -0.05) is 20.8 Å². The lowest BCUT2D eigenvalue weighted by Gasteiger charge is -2.41. The monoisotopic (exact) mass is 197 g/mol. The van der Waals surface area contributed by atoms with Crippen LogP contribution in [-0.4, -0.2) is 23.4 Å². The second kappa shape index (κ2) is 3.92. The second-order valence-corrected chi connectivity index (χ2v) is 5.74. The van der Waals surface area contributed by atoms with Gasteiger partial charge < -0.3 is 4.90 Å². The third kappa shape index (κ3) is 2.49. The molecule has 2 heteroatoms. The Hall–Kier alpha value is -0.530. The van der Waals surface area contributed by atoms with Gasteiger partial charge in [0.15, 0.2) is 0 Å². The van der Waals surface area contributed by atoms with Crippen LogP contribution in [0, 0.1) is 11.3 Å². The molecule has 1 aliphatic heterocycles. The number of carbonyl (C=O) groups excluding carboxylic acids is 1. The van der Waals surface area contributed by atoms with Crippen molar-refractivity contribution in [3.8, 4) is 0 Å². The minimum Gasteiger partial charge on any atom is -0.340 e. The summed E-state index contributed by atoms with van der Waals surface area (Å²) < 4.78 is 0. The van der Waals surface area contributed by atoms with Crippen LogP contribution in [0.2, 0.25) is 0 Å². The first-order valence-electron chi connectivity index (χ1n) is 5.62. The Kier molecular flexibility index (Phi) is 3.23. The average Bonchev–Trinajstić information content (AvgIpc) is 2.02. The summed E-state index contributed by atoms with van der Waals surface area (Å²) >= 11 is 0. The van der Waals surface area contributed by atoms with Gasteiger partial charge in [0, 0.05) is 19.0 Å². The van der Waals surface area contributed by atoms with Crippen LogP contribution in [0.1, 0.15) is 47.5 Å². The van der Waals surface area contributed by atoms with E-state index < -0.39 is 0 Å². The molecule has 0 bridgehead atoms. The molecule has 1 fully saturated rings. The highest BCUT2D eigenvalue weighted by Gasteiger charge is 2.33. The standard InChI is InChI=1S/C12H23NO/c1-9(2)13-8-10(12(3,4)5)6-7-11(13)14/h9-10H,6-8H2,1-5H3. The Labute approximate surface area is 87.7 Å². The average molecular weight is 197 g/mol. The zero-order chi connectivity index (χ0) is 10.9. The van der Waals surface area contributed by atoms with Crippen LogP contribution in [-0.2, 0) is 4.79 Å². The molecule has 1 rings (SSSR count). The van der Waals surface area contributed by atoms with Crippen molar-refractivity contribution < 1.29 is 4.79 Å². The molecule has 1 aliphatic rings. The predicted octanol–water partition coefficient (Wildman–Crippen LogP) is 2.68. The maximum Gasteiger partial charge on any atom is 0.222 e. The molecule has 1 atom stereocenters. The highest BCUT2D eigenvalue weighted by molar-refractivity contribution is 5.77. The van der Waals surface area contributed by atoms with Gasteiger partial charge in [-0.05, 0) is 31.6 Å². The van der Waals surface area contributed by atoms with E-state index in [1.807, 2.05) is 4.90 Å². The van der Waals surface area contributed by atoms with E-state index in [0.29, 0.717) is 23.3 Å². The predicted molar refractivity (Wildman–Crippen MR) is 59.0 cm³/mol. The van der Waals surface area contributed by atoms with Gasteiger partial charge in [0.25, 0.3) is 0 Å². The highest BCUT2D eigenvalue weighted by Crippen LogP contribution is 2.34. The fraction of sp³-hybridized carbons (Fsp3) is 0.917. The molecule has 1 saturated heterocycles. The Balaban J connectivity index is 2.67. The molecule has 82 valence electrons. The SMILES string of the molecule is CC(C)N1CC(C(C)(C)C)CCC1=O. The molecule has 1 amide bonds. The summed E-state index contributed by atoms with van der Waals surface area (Å²) in [6.07, 6.45) is 1.80. The van der Waals surface area contributed by atoms with Crippen LogP contribution in [0.25, 0.3) is 0 Å². The molecule has 0 aliphatic carbocycles. The zero-order valence-electron chi connectivity index (χ0n) is 10.1. The number of carbonyl (C=O) groups is 1. The molecule has 0 aromatic heterocycles. The lowest BCUT2D eigenvalue weighted by atomic mass is 9.76. The summed E-state index contributed by atoms with van der Waals surface area (Å²) in [6.45, 7) is 12.0. The zero-order valence-corrected chi connectivity index (χ0v) is 10.1. The number of nitrogens with zero attached hydrogens (tertiary/aromatic N) is 1. The van der Waals surface area contributed by atoms with Crippen molar-refractivity contribution in [2.45, 2.75) is 53.5 Å². The van der Waals surface area contributed by atoms with Gasteiger partial charge in [-0.3, -0.25) is 4.79 Å². The van der Waals surface area contributed by atoms with Gasteiger partial charge in [0.2, 0.25) is 5.91 Å². The highest BCUT2D eigenvalue weighted by atomic mass is 16.2. The van der Waals surface area contributed by atoms with Crippen molar-refractivity contribution in [1.29, 1.82) is 0 Å². The summed E-state index contributed by atoms with van der Waals surface area (Å²) in [5, 5.41) is 0. The van der Waals surface area contributed by atoms with Crippen LogP contribution in [0.3, 0.4) is 0 Å². The van der Waals surface area contributed by atoms with E-state index in [1.54, 1.807) is 0 Å². The fourth-order valence-electron chi connectivity index (χ4n) is 2.08. The maximum atomic E-state index is 11.6. The van der Waals surface area contributed by atoms with Crippen molar-refractivity contribution in [3.63, 3.8) is 0 Å². The topological polar surface area (TPSA) is 20.3 Å². The van der Waals surface area contributed by atoms with Crippen LogP contribution >= 0.6 is 0 Å². The minimum absolute atomic E-state index is 0.327. The van der Waals surface area contributed by atoms with Crippen LogP contribution in [0.4, 0.5) is 0 Å². The molecule has 0 radical (unpaired) electrons. The van der Waals surface area contributed by atoms with Crippen molar-refractivity contribution in [3.05, 3.63) is 0 Å².